The van der Waals surface area contributed by atoms with Crippen LogP contribution in [-0.4, -0.2) is 47.4 Å². The SMILES string of the molecule is C[C@H]1[C@H]2OC(C)(C)O[C@H]2[C@H](C=O)N1C(=O)OCc1ccccc1. The van der Waals surface area contributed by atoms with Gasteiger partial charge >= 0.3 is 6.09 Å². The summed E-state index contributed by atoms with van der Waals surface area (Å²) in [6.07, 6.45) is -0.584. The Morgan fingerprint density at radius 3 is 2.57 bits per heavy atom. The van der Waals surface area contributed by atoms with Crippen LogP contribution in [0.3, 0.4) is 0 Å². The van der Waals surface area contributed by atoms with Crippen molar-refractivity contribution in [3.8, 4) is 0 Å². The van der Waals surface area contributed by atoms with Crippen molar-refractivity contribution in [3.63, 3.8) is 0 Å². The molecule has 2 aliphatic heterocycles. The molecule has 2 aliphatic rings. The van der Waals surface area contributed by atoms with Crippen molar-refractivity contribution in [1.82, 2.24) is 4.90 Å². The highest BCUT2D eigenvalue weighted by atomic mass is 16.8. The third-order valence-corrected chi connectivity index (χ3v) is 4.29. The molecule has 0 saturated carbocycles. The number of amides is 1. The fraction of sp³-hybridized carbons (Fsp3) is 0.529. The summed E-state index contributed by atoms with van der Waals surface area (Å²) in [6, 6.07) is 8.42. The number of fused-ring (bicyclic) bond motifs is 1. The summed E-state index contributed by atoms with van der Waals surface area (Å²) in [7, 11) is 0. The van der Waals surface area contributed by atoms with Crippen LogP contribution < -0.4 is 0 Å². The van der Waals surface area contributed by atoms with E-state index in [9.17, 15) is 9.59 Å². The Labute approximate surface area is 135 Å². The second-order valence-electron chi connectivity index (χ2n) is 6.38. The van der Waals surface area contributed by atoms with Gasteiger partial charge in [0.15, 0.2) is 5.79 Å². The molecule has 0 spiro atoms. The van der Waals surface area contributed by atoms with Crippen LogP contribution in [0.1, 0.15) is 26.3 Å². The third-order valence-electron chi connectivity index (χ3n) is 4.29. The smallest absolute Gasteiger partial charge is 0.411 e. The Bertz CT molecular complexity index is 588. The highest BCUT2D eigenvalue weighted by Crippen LogP contribution is 2.39. The zero-order chi connectivity index (χ0) is 16.6. The number of carbonyl (C=O) groups excluding carboxylic acids is 2. The van der Waals surface area contributed by atoms with Crippen LogP contribution in [0.4, 0.5) is 4.79 Å². The fourth-order valence-corrected chi connectivity index (χ4v) is 3.27. The van der Waals surface area contributed by atoms with Crippen molar-refractivity contribution in [3.05, 3.63) is 35.9 Å². The van der Waals surface area contributed by atoms with Gasteiger partial charge in [-0.2, -0.15) is 0 Å². The first-order chi connectivity index (χ1) is 10.9. The molecule has 0 bridgehead atoms. The predicted octanol–water partition coefficient (Wildman–Crippen LogP) is 2.11. The van der Waals surface area contributed by atoms with Gasteiger partial charge in [-0.25, -0.2) is 4.79 Å². The molecule has 2 fully saturated rings. The molecule has 1 aromatic rings. The lowest BCUT2D eigenvalue weighted by atomic mass is 10.1. The molecular weight excluding hydrogens is 298 g/mol. The summed E-state index contributed by atoms with van der Waals surface area (Å²) in [5.74, 6) is -0.745. The third kappa shape index (κ3) is 2.96. The van der Waals surface area contributed by atoms with Gasteiger partial charge in [-0.15, -0.1) is 0 Å². The number of rotatable bonds is 3. The van der Waals surface area contributed by atoms with Crippen LogP contribution >= 0.6 is 0 Å². The maximum Gasteiger partial charge on any atom is 0.411 e. The van der Waals surface area contributed by atoms with Crippen molar-refractivity contribution in [2.75, 3.05) is 0 Å². The van der Waals surface area contributed by atoms with Gasteiger partial charge in [0.05, 0.1) is 6.04 Å². The molecule has 2 heterocycles. The van der Waals surface area contributed by atoms with Crippen LogP contribution in [0.15, 0.2) is 30.3 Å². The zero-order valence-corrected chi connectivity index (χ0v) is 13.5. The Morgan fingerprint density at radius 2 is 1.91 bits per heavy atom. The van der Waals surface area contributed by atoms with E-state index in [0.717, 1.165) is 11.8 Å². The minimum absolute atomic E-state index is 0.164. The first-order valence-corrected chi connectivity index (χ1v) is 7.73. The average Bonchev–Trinajstić information content (AvgIpc) is 2.97. The molecule has 23 heavy (non-hydrogen) atoms. The number of benzene rings is 1. The summed E-state index contributed by atoms with van der Waals surface area (Å²) in [5.41, 5.74) is 0.893. The summed E-state index contributed by atoms with van der Waals surface area (Å²) in [5, 5.41) is 0. The molecule has 2 saturated heterocycles. The van der Waals surface area contributed by atoms with E-state index in [4.69, 9.17) is 14.2 Å². The number of aldehydes is 1. The van der Waals surface area contributed by atoms with Gasteiger partial charge in [-0.3, -0.25) is 4.90 Å². The van der Waals surface area contributed by atoms with Gasteiger partial charge in [-0.05, 0) is 26.3 Å². The first kappa shape index (κ1) is 16.0. The minimum atomic E-state index is -0.745. The number of hydrogen-bond donors (Lipinski definition) is 0. The zero-order valence-electron chi connectivity index (χ0n) is 13.5. The second-order valence-corrected chi connectivity index (χ2v) is 6.38. The molecule has 6 nitrogen and oxygen atoms in total. The van der Waals surface area contributed by atoms with Crippen LogP contribution in [0, 0.1) is 0 Å². The van der Waals surface area contributed by atoms with Gasteiger partial charge < -0.3 is 19.0 Å². The quantitative estimate of drug-likeness (QED) is 0.799. The van der Waals surface area contributed by atoms with Crippen molar-refractivity contribution in [2.45, 2.75) is 57.5 Å². The van der Waals surface area contributed by atoms with E-state index >= 15 is 0 Å². The van der Waals surface area contributed by atoms with Crippen LogP contribution in [0.2, 0.25) is 0 Å². The number of ether oxygens (including phenoxy) is 3. The lowest BCUT2D eigenvalue weighted by Crippen LogP contribution is -2.46. The number of carbonyl (C=O) groups is 2. The van der Waals surface area contributed by atoms with Crippen LogP contribution in [0.5, 0.6) is 0 Å². The molecule has 1 amide bonds. The number of likely N-dealkylation sites (tertiary alicyclic amines) is 1. The van der Waals surface area contributed by atoms with Gasteiger partial charge in [0.1, 0.15) is 31.1 Å². The van der Waals surface area contributed by atoms with Crippen molar-refractivity contribution in [1.29, 1.82) is 0 Å². The summed E-state index contributed by atoms with van der Waals surface area (Å²) in [4.78, 5) is 25.4. The Hall–Kier alpha value is -1.92. The molecule has 0 aliphatic carbocycles. The summed E-state index contributed by atoms with van der Waals surface area (Å²) < 4.78 is 17.0. The molecule has 0 N–H and O–H groups in total. The van der Waals surface area contributed by atoms with E-state index in [1.165, 1.54) is 4.90 Å². The minimum Gasteiger partial charge on any atom is -0.445 e. The van der Waals surface area contributed by atoms with Crippen molar-refractivity contribution >= 4 is 12.4 Å². The maximum atomic E-state index is 12.4. The Morgan fingerprint density at radius 1 is 1.26 bits per heavy atom. The molecule has 0 aromatic heterocycles. The van der Waals surface area contributed by atoms with Crippen LogP contribution in [0.25, 0.3) is 0 Å². The highest BCUT2D eigenvalue weighted by Gasteiger charge is 2.58. The van der Waals surface area contributed by atoms with E-state index in [2.05, 4.69) is 0 Å². The van der Waals surface area contributed by atoms with E-state index in [0.29, 0.717) is 0 Å². The standard InChI is InChI=1S/C17H21NO5/c1-11-14-15(23-17(2,3)22-14)13(9-19)18(11)16(20)21-10-12-7-5-4-6-8-12/h4-9,11,13-15H,10H2,1-3H3/t11-,13-,14+,15-/m0/s1. The molecule has 6 heteroatoms. The first-order valence-electron chi connectivity index (χ1n) is 7.73. The maximum absolute atomic E-state index is 12.4. The Balaban J connectivity index is 1.70. The number of hydrogen-bond acceptors (Lipinski definition) is 5. The molecule has 0 radical (unpaired) electrons. The van der Waals surface area contributed by atoms with E-state index in [1.807, 2.05) is 37.3 Å². The predicted molar refractivity (Wildman–Crippen MR) is 81.6 cm³/mol. The second kappa shape index (κ2) is 5.94. The highest BCUT2D eigenvalue weighted by molar-refractivity contribution is 5.75. The van der Waals surface area contributed by atoms with Crippen molar-refractivity contribution < 1.29 is 23.8 Å². The number of nitrogens with zero attached hydrogens (tertiary/aromatic N) is 1. The van der Waals surface area contributed by atoms with Gasteiger partial charge in [0, 0.05) is 0 Å². The monoisotopic (exact) mass is 319 g/mol. The van der Waals surface area contributed by atoms with E-state index in [1.54, 1.807) is 13.8 Å². The van der Waals surface area contributed by atoms with Crippen LogP contribution in [-0.2, 0) is 25.6 Å². The van der Waals surface area contributed by atoms with E-state index in [-0.39, 0.29) is 18.8 Å². The van der Waals surface area contributed by atoms with Gasteiger partial charge in [-0.1, -0.05) is 30.3 Å². The van der Waals surface area contributed by atoms with Gasteiger partial charge in [0.25, 0.3) is 0 Å². The topological polar surface area (TPSA) is 65.1 Å². The van der Waals surface area contributed by atoms with Crippen molar-refractivity contribution in [2.24, 2.45) is 0 Å². The summed E-state index contributed by atoms with van der Waals surface area (Å²) >= 11 is 0. The molecule has 3 rings (SSSR count). The molecular formula is C17H21NO5. The molecule has 124 valence electrons. The normalized spacial score (nSPS) is 31.7. The molecule has 1 aromatic carbocycles. The Kier molecular flexibility index (Phi) is 4.12. The van der Waals surface area contributed by atoms with E-state index < -0.39 is 24.0 Å². The summed E-state index contributed by atoms with van der Waals surface area (Å²) in [6.45, 7) is 5.61. The molecule has 4 atom stereocenters. The fourth-order valence-electron chi connectivity index (χ4n) is 3.27. The average molecular weight is 319 g/mol. The van der Waals surface area contributed by atoms with Gasteiger partial charge in [0.2, 0.25) is 0 Å². The lowest BCUT2D eigenvalue weighted by molar-refractivity contribution is -0.165. The largest absolute Gasteiger partial charge is 0.445 e. The molecule has 0 unspecified atom stereocenters. The lowest BCUT2D eigenvalue weighted by Gasteiger charge is -2.29.